The number of ether oxygens (including phenoxy) is 1. The first-order valence-electron chi connectivity index (χ1n) is 14.1. The van der Waals surface area contributed by atoms with E-state index in [0.717, 1.165) is 32.1 Å². The average molecular weight is 524 g/mol. The molecule has 4 aromatic rings. The fraction of sp³-hybridized carbons (Fsp3) is 0.364. The number of carbonyl (C=O) groups is 1. The zero-order chi connectivity index (χ0) is 27.2. The molecule has 0 spiro atoms. The third-order valence-corrected chi connectivity index (χ3v) is 7.91. The average Bonchev–Trinajstić information content (AvgIpc) is 3.00. The standard InChI is InChI=1S/C33H37N3O3/c1-3-30(35(23-22-24-12-6-4-7-13-24)32(37)25-14-8-5-9-15-25)31-34-29-17-11-10-16-28(29)33(38)36(31)26-18-20-27(39-2)21-19-26/h4,6-7,10-13,16-21,25,30H,3,5,8-9,14-15,22-23H2,1-2H3. The summed E-state index contributed by atoms with van der Waals surface area (Å²) in [6.45, 7) is 2.65. The van der Waals surface area contributed by atoms with Gasteiger partial charge >= 0.3 is 0 Å². The van der Waals surface area contributed by atoms with Gasteiger partial charge in [-0.25, -0.2) is 4.98 Å². The van der Waals surface area contributed by atoms with Gasteiger partial charge in [0.2, 0.25) is 5.91 Å². The molecule has 1 aliphatic carbocycles. The first kappa shape index (κ1) is 26.7. The maximum Gasteiger partial charge on any atom is 0.266 e. The number of nitrogens with zero attached hydrogens (tertiary/aromatic N) is 3. The van der Waals surface area contributed by atoms with Gasteiger partial charge in [-0.3, -0.25) is 14.2 Å². The molecule has 1 fully saturated rings. The maximum absolute atomic E-state index is 14.2. The van der Waals surface area contributed by atoms with Crippen molar-refractivity contribution in [1.29, 1.82) is 0 Å². The van der Waals surface area contributed by atoms with Crippen LogP contribution in [0.4, 0.5) is 0 Å². The van der Waals surface area contributed by atoms with Gasteiger partial charge in [0.25, 0.3) is 5.56 Å². The second-order valence-electron chi connectivity index (χ2n) is 10.4. The Balaban J connectivity index is 1.63. The summed E-state index contributed by atoms with van der Waals surface area (Å²) in [5.41, 5.74) is 2.41. The highest BCUT2D eigenvalue weighted by Gasteiger charge is 2.33. The molecular formula is C33H37N3O3. The van der Waals surface area contributed by atoms with Gasteiger partial charge in [-0.05, 0) is 67.6 Å². The van der Waals surface area contributed by atoms with Crippen LogP contribution in [-0.4, -0.2) is 34.0 Å². The lowest BCUT2D eigenvalue weighted by Crippen LogP contribution is -2.43. The smallest absolute Gasteiger partial charge is 0.266 e. The number of hydrogen-bond acceptors (Lipinski definition) is 4. The van der Waals surface area contributed by atoms with Crippen LogP contribution in [0.1, 0.15) is 62.9 Å². The third-order valence-electron chi connectivity index (χ3n) is 7.91. The topological polar surface area (TPSA) is 64.4 Å². The maximum atomic E-state index is 14.2. The first-order chi connectivity index (χ1) is 19.1. The van der Waals surface area contributed by atoms with Crippen LogP contribution >= 0.6 is 0 Å². The highest BCUT2D eigenvalue weighted by atomic mass is 16.5. The van der Waals surface area contributed by atoms with Crippen molar-refractivity contribution in [3.63, 3.8) is 0 Å². The van der Waals surface area contributed by atoms with Crippen molar-refractivity contribution in [1.82, 2.24) is 14.5 Å². The van der Waals surface area contributed by atoms with Crippen molar-refractivity contribution in [3.05, 3.63) is 101 Å². The Morgan fingerprint density at radius 2 is 1.67 bits per heavy atom. The molecule has 6 nitrogen and oxygen atoms in total. The van der Waals surface area contributed by atoms with Crippen LogP contribution in [0, 0.1) is 5.92 Å². The molecule has 39 heavy (non-hydrogen) atoms. The van der Waals surface area contributed by atoms with Crippen LogP contribution in [0.25, 0.3) is 16.6 Å². The Morgan fingerprint density at radius 1 is 0.974 bits per heavy atom. The van der Waals surface area contributed by atoms with E-state index < -0.39 is 0 Å². The molecule has 202 valence electrons. The van der Waals surface area contributed by atoms with Crippen molar-refractivity contribution in [2.75, 3.05) is 13.7 Å². The monoisotopic (exact) mass is 523 g/mol. The molecule has 1 saturated carbocycles. The predicted octanol–water partition coefficient (Wildman–Crippen LogP) is 6.50. The molecule has 0 aliphatic heterocycles. The lowest BCUT2D eigenvalue weighted by molar-refractivity contribution is -0.139. The Morgan fingerprint density at radius 3 is 2.36 bits per heavy atom. The van der Waals surface area contributed by atoms with Gasteiger partial charge in [-0.2, -0.15) is 0 Å². The fourth-order valence-electron chi connectivity index (χ4n) is 5.79. The third kappa shape index (κ3) is 5.75. The summed E-state index contributed by atoms with van der Waals surface area (Å²) < 4.78 is 7.05. The van der Waals surface area contributed by atoms with Gasteiger partial charge in [0, 0.05) is 12.5 Å². The molecule has 1 aromatic heterocycles. The molecule has 1 atom stereocenters. The van der Waals surface area contributed by atoms with Gasteiger partial charge in [0.1, 0.15) is 11.6 Å². The minimum atomic E-state index is -0.345. The molecule has 3 aromatic carbocycles. The van der Waals surface area contributed by atoms with Gasteiger partial charge in [-0.1, -0.05) is 68.7 Å². The van der Waals surface area contributed by atoms with E-state index in [2.05, 4.69) is 19.1 Å². The number of amides is 1. The van der Waals surface area contributed by atoms with Crippen molar-refractivity contribution < 1.29 is 9.53 Å². The van der Waals surface area contributed by atoms with E-state index in [1.165, 1.54) is 12.0 Å². The molecule has 0 saturated heterocycles. The van der Waals surface area contributed by atoms with Crippen molar-refractivity contribution in [3.8, 4) is 11.4 Å². The Hall–Kier alpha value is -3.93. The normalized spacial score (nSPS) is 14.7. The number of rotatable bonds is 9. The van der Waals surface area contributed by atoms with Crippen molar-refractivity contribution in [2.45, 2.75) is 57.9 Å². The van der Waals surface area contributed by atoms with E-state index >= 15 is 0 Å². The fourth-order valence-corrected chi connectivity index (χ4v) is 5.79. The van der Waals surface area contributed by atoms with E-state index in [4.69, 9.17) is 9.72 Å². The van der Waals surface area contributed by atoms with Crippen LogP contribution < -0.4 is 10.3 Å². The summed E-state index contributed by atoms with van der Waals surface area (Å²) in [5, 5.41) is 0.557. The van der Waals surface area contributed by atoms with Gasteiger partial charge in [-0.15, -0.1) is 0 Å². The number of fused-ring (bicyclic) bond motifs is 1. The molecule has 1 amide bonds. The number of benzene rings is 3. The van der Waals surface area contributed by atoms with E-state index in [1.807, 2.05) is 71.6 Å². The summed E-state index contributed by atoms with van der Waals surface area (Å²) in [4.78, 5) is 35.2. The van der Waals surface area contributed by atoms with E-state index in [9.17, 15) is 9.59 Å². The number of para-hydroxylation sites is 1. The molecule has 5 rings (SSSR count). The van der Waals surface area contributed by atoms with Crippen LogP contribution in [0.5, 0.6) is 5.75 Å². The number of aromatic nitrogens is 2. The molecule has 1 unspecified atom stereocenters. The first-order valence-corrected chi connectivity index (χ1v) is 14.1. The second kappa shape index (κ2) is 12.3. The van der Waals surface area contributed by atoms with Crippen LogP contribution in [0.2, 0.25) is 0 Å². The Bertz CT molecular complexity index is 1460. The molecule has 1 heterocycles. The summed E-state index contributed by atoms with van der Waals surface area (Å²) in [6.07, 6.45) is 6.61. The summed E-state index contributed by atoms with van der Waals surface area (Å²) in [5.74, 6) is 1.51. The largest absolute Gasteiger partial charge is 0.497 e. The lowest BCUT2D eigenvalue weighted by Gasteiger charge is -2.36. The van der Waals surface area contributed by atoms with Crippen LogP contribution in [0.3, 0.4) is 0 Å². The zero-order valence-electron chi connectivity index (χ0n) is 22.9. The Labute approximate surface area is 230 Å². The SMILES string of the molecule is CCC(c1nc2ccccc2c(=O)n1-c1ccc(OC)cc1)N(CCc1ccccc1)C(=O)C1CCCCC1. The molecule has 6 heteroatoms. The number of hydrogen-bond donors (Lipinski definition) is 0. The minimum absolute atomic E-state index is 0.0187. The molecular weight excluding hydrogens is 486 g/mol. The molecule has 0 N–H and O–H groups in total. The number of methoxy groups -OCH3 is 1. The lowest BCUT2D eigenvalue weighted by atomic mass is 9.87. The molecule has 1 aliphatic rings. The van der Waals surface area contributed by atoms with E-state index in [1.54, 1.807) is 11.7 Å². The molecule has 0 bridgehead atoms. The van der Waals surface area contributed by atoms with E-state index in [-0.39, 0.29) is 23.4 Å². The van der Waals surface area contributed by atoms with Gasteiger partial charge in [0.05, 0.1) is 29.7 Å². The van der Waals surface area contributed by atoms with Crippen molar-refractivity contribution in [2.24, 2.45) is 5.92 Å². The highest BCUT2D eigenvalue weighted by molar-refractivity contribution is 5.80. The summed E-state index contributed by atoms with van der Waals surface area (Å²) >= 11 is 0. The summed E-state index contributed by atoms with van der Waals surface area (Å²) in [6, 6.07) is 24.8. The molecule has 0 radical (unpaired) electrons. The van der Waals surface area contributed by atoms with Crippen LogP contribution in [0.15, 0.2) is 83.7 Å². The predicted molar refractivity (Wildman–Crippen MR) is 155 cm³/mol. The minimum Gasteiger partial charge on any atom is -0.497 e. The van der Waals surface area contributed by atoms with E-state index in [0.29, 0.717) is 41.1 Å². The Kier molecular flexibility index (Phi) is 8.40. The zero-order valence-corrected chi connectivity index (χ0v) is 22.9. The quantitative estimate of drug-likeness (QED) is 0.251. The van der Waals surface area contributed by atoms with Crippen molar-refractivity contribution >= 4 is 16.8 Å². The van der Waals surface area contributed by atoms with Gasteiger partial charge < -0.3 is 9.64 Å². The second-order valence-corrected chi connectivity index (χ2v) is 10.4. The highest BCUT2D eigenvalue weighted by Crippen LogP contribution is 2.32. The number of carbonyl (C=O) groups excluding carboxylic acids is 1. The summed E-state index contributed by atoms with van der Waals surface area (Å²) in [7, 11) is 1.62. The van der Waals surface area contributed by atoms with Crippen LogP contribution in [-0.2, 0) is 11.2 Å². The van der Waals surface area contributed by atoms with Gasteiger partial charge in [0.15, 0.2) is 0 Å².